The number of ether oxygens (including phenoxy) is 1. The first-order valence-electron chi connectivity index (χ1n) is 11.5. The van der Waals surface area contributed by atoms with Crippen molar-refractivity contribution in [2.75, 3.05) is 19.0 Å². The monoisotopic (exact) mass is 583 g/mol. The van der Waals surface area contributed by atoms with Gasteiger partial charge in [-0.15, -0.1) is 0 Å². The van der Waals surface area contributed by atoms with E-state index in [1.165, 1.54) is 50.4 Å². The van der Waals surface area contributed by atoms with E-state index in [2.05, 4.69) is 5.32 Å². The first-order valence-corrected chi connectivity index (χ1v) is 13.7. The van der Waals surface area contributed by atoms with Gasteiger partial charge in [0.15, 0.2) is 11.5 Å². The summed E-state index contributed by atoms with van der Waals surface area (Å²) in [4.78, 5) is 48.5. The summed E-state index contributed by atoms with van der Waals surface area (Å²) in [6.07, 6.45) is 1.39. The number of carbonyl (C=O) groups is 3. The number of hydrogen-bond acceptors (Lipinski definition) is 10. The van der Waals surface area contributed by atoms with Crippen molar-refractivity contribution in [3.8, 4) is 11.5 Å². The number of nitro benzene ring substituents is 1. The highest BCUT2D eigenvalue weighted by Crippen LogP contribution is 2.36. The molecule has 0 spiro atoms. The normalized spacial score (nSPS) is 14.3. The zero-order chi connectivity index (χ0) is 29.0. The molecular weight excluding hydrogens is 562 g/mol. The van der Waals surface area contributed by atoms with Crippen molar-refractivity contribution < 1.29 is 36.6 Å². The zero-order valence-electron chi connectivity index (χ0n) is 21.0. The minimum absolute atomic E-state index is 0.0135. The fourth-order valence-corrected chi connectivity index (χ4v) is 5.40. The lowest BCUT2D eigenvalue weighted by Gasteiger charge is -2.12. The van der Waals surface area contributed by atoms with Gasteiger partial charge in [-0.25, -0.2) is 0 Å². The van der Waals surface area contributed by atoms with E-state index in [1.54, 1.807) is 30.3 Å². The maximum Gasteiger partial charge on any atom is 0.339 e. The second kappa shape index (κ2) is 11.6. The summed E-state index contributed by atoms with van der Waals surface area (Å²) in [5.74, 6) is -1.42. The molecule has 3 amide bonds. The first-order chi connectivity index (χ1) is 19.0. The summed E-state index contributed by atoms with van der Waals surface area (Å²) in [5.41, 5.74) is 0.810. The summed E-state index contributed by atoms with van der Waals surface area (Å²) in [6, 6.07) is 16.1. The molecule has 0 radical (unpaired) electrons. The van der Waals surface area contributed by atoms with Gasteiger partial charge >= 0.3 is 10.1 Å². The minimum Gasteiger partial charge on any atom is -0.493 e. The van der Waals surface area contributed by atoms with E-state index in [9.17, 15) is 32.9 Å². The molecule has 4 rings (SSSR count). The molecule has 0 unspecified atom stereocenters. The second-order valence-electron chi connectivity index (χ2n) is 8.34. The Morgan fingerprint density at radius 1 is 1.07 bits per heavy atom. The molecule has 12 nitrogen and oxygen atoms in total. The number of hydrogen-bond donors (Lipinski definition) is 1. The molecule has 0 saturated carbocycles. The molecule has 206 valence electrons. The number of amides is 3. The Balaban J connectivity index is 1.51. The van der Waals surface area contributed by atoms with Crippen LogP contribution in [-0.2, 0) is 19.7 Å². The van der Waals surface area contributed by atoms with E-state index in [-0.39, 0.29) is 27.7 Å². The van der Waals surface area contributed by atoms with Crippen LogP contribution >= 0.6 is 11.8 Å². The predicted molar refractivity (Wildman–Crippen MR) is 146 cm³/mol. The summed E-state index contributed by atoms with van der Waals surface area (Å²) in [5, 5.41) is 13.2. The number of thioether (sulfide) groups is 1. The molecule has 1 fully saturated rings. The molecule has 0 bridgehead atoms. The number of benzene rings is 3. The van der Waals surface area contributed by atoms with Crippen LogP contribution in [0.1, 0.15) is 11.1 Å². The number of aryl methyl sites for hydroxylation is 1. The van der Waals surface area contributed by atoms with Crippen LogP contribution in [0.4, 0.5) is 16.2 Å². The van der Waals surface area contributed by atoms with Crippen molar-refractivity contribution in [3.05, 3.63) is 92.9 Å². The fourth-order valence-electron chi connectivity index (χ4n) is 3.60. The molecule has 14 heteroatoms. The smallest absolute Gasteiger partial charge is 0.339 e. The van der Waals surface area contributed by atoms with Crippen molar-refractivity contribution in [2.45, 2.75) is 11.8 Å². The molecule has 1 N–H and O–H groups in total. The standard InChI is InChI=1S/C26H21N3O9S2/c1-16-8-10-19(14-20(16)29(33)34)40(35,36)38-21-11-9-17(12-22(21)37-2)13-23-25(31)28(26(32)39-23)15-24(30)27-18-6-4-3-5-7-18/h3-14H,15H2,1-2H3,(H,27,30)/b23-13-. The lowest BCUT2D eigenvalue weighted by molar-refractivity contribution is -0.385. The Bertz CT molecular complexity index is 1660. The molecule has 1 aliphatic heterocycles. The summed E-state index contributed by atoms with van der Waals surface area (Å²) >= 11 is 0.650. The molecule has 1 heterocycles. The average molecular weight is 584 g/mol. The van der Waals surface area contributed by atoms with Gasteiger partial charge in [-0.3, -0.25) is 29.4 Å². The van der Waals surface area contributed by atoms with Crippen LogP contribution in [0.3, 0.4) is 0 Å². The highest BCUT2D eigenvalue weighted by molar-refractivity contribution is 8.18. The van der Waals surface area contributed by atoms with Crippen LogP contribution in [0.5, 0.6) is 11.5 Å². The number of methoxy groups -OCH3 is 1. The van der Waals surface area contributed by atoms with Gasteiger partial charge in [0.2, 0.25) is 5.91 Å². The average Bonchev–Trinajstić information content (AvgIpc) is 3.17. The summed E-state index contributed by atoms with van der Waals surface area (Å²) in [7, 11) is -3.19. The van der Waals surface area contributed by atoms with E-state index in [1.807, 2.05) is 0 Å². The van der Waals surface area contributed by atoms with Gasteiger partial charge in [0.05, 0.1) is 16.9 Å². The largest absolute Gasteiger partial charge is 0.493 e. The molecule has 3 aromatic rings. The Morgan fingerprint density at radius 3 is 2.48 bits per heavy atom. The molecule has 40 heavy (non-hydrogen) atoms. The van der Waals surface area contributed by atoms with Gasteiger partial charge in [0, 0.05) is 17.3 Å². The molecule has 3 aromatic carbocycles. The number of rotatable bonds is 9. The van der Waals surface area contributed by atoms with Gasteiger partial charge < -0.3 is 14.2 Å². The Labute approximate surface area is 232 Å². The predicted octanol–water partition coefficient (Wildman–Crippen LogP) is 4.35. The van der Waals surface area contributed by atoms with Crippen LogP contribution < -0.4 is 14.2 Å². The van der Waals surface area contributed by atoms with Crippen molar-refractivity contribution in [3.63, 3.8) is 0 Å². The van der Waals surface area contributed by atoms with Crippen LogP contribution in [0.2, 0.25) is 0 Å². The second-order valence-corrected chi connectivity index (χ2v) is 10.9. The third kappa shape index (κ3) is 6.30. The number of nitro groups is 1. The van der Waals surface area contributed by atoms with E-state index in [4.69, 9.17) is 8.92 Å². The van der Waals surface area contributed by atoms with Gasteiger partial charge in [0.1, 0.15) is 11.4 Å². The maximum absolute atomic E-state index is 12.8. The third-order valence-electron chi connectivity index (χ3n) is 5.58. The first kappa shape index (κ1) is 28.3. The van der Waals surface area contributed by atoms with Gasteiger partial charge in [-0.2, -0.15) is 8.42 Å². The number of para-hydroxylation sites is 1. The topological polar surface area (TPSA) is 162 Å². The van der Waals surface area contributed by atoms with Crippen LogP contribution in [0.25, 0.3) is 6.08 Å². The maximum atomic E-state index is 12.8. The van der Waals surface area contributed by atoms with Gasteiger partial charge in [-0.05, 0) is 60.7 Å². The Morgan fingerprint density at radius 2 is 1.80 bits per heavy atom. The number of anilines is 1. The van der Waals surface area contributed by atoms with Crippen LogP contribution in [-0.4, -0.2) is 48.9 Å². The molecule has 0 atom stereocenters. The molecule has 1 aliphatic rings. The molecular formula is C26H21N3O9S2. The minimum atomic E-state index is -4.46. The molecule has 0 aliphatic carbocycles. The van der Waals surface area contributed by atoms with E-state index < -0.39 is 43.5 Å². The SMILES string of the molecule is COc1cc(/C=C2\SC(=O)N(CC(=O)Nc3ccccc3)C2=O)ccc1OS(=O)(=O)c1ccc(C)c([N+](=O)[O-])c1. The highest BCUT2D eigenvalue weighted by atomic mass is 32.2. The van der Waals surface area contributed by atoms with Crippen LogP contribution in [0.15, 0.2) is 76.5 Å². The molecule has 0 aromatic heterocycles. The number of nitrogens with one attached hydrogen (secondary N) is 1. The van der Waals surface area contributed by atoms with E-state index in [0.717, 1.165) is 11.0 Å². The number of imide groups is 1. The van der Waals surface area contributed by atoms with E-state index >= 15 is 0 Å². The fraction of sp³-hybridized carbons (Fsp3) is 0.115. The lowest BCUT2D eigenvalue weighted by Crippen LogP contribution is -2.36. The van der Waals surface area contributed by atoms with Crippen molar-refractivity contribution in [1.29, 1.82) is 0 Å². The van der Waals surface area contributed by atoms with Crippen molar-refractivity contribution in [1.82, 2.24) is 4.90 Å². The lowest BCUT2D eigenvalue weighted by atomic mass is 10.2. The zero-order valence-corrected chi connectivity index (χ0v) is 22.7. The number of nitrogens with zero attached hydrogens (tertiary/aromatic N) is 2. The molecule has 1 saturated heterocycles. The Kier molecular flexibility index (Phi) is 8.21. The number of carbonyl (C=O) groups excluding carboxylic acids is 3. The van der Waals surface area contributed by atoms with E-state index in [0.29, 0.717) is 23.0 Å². The summed E-state index contributed by atoms with van der Waals surface area (Å²) in [6.45, 7) is 1.01. The van der Waals surface area contributed by atoms with Gasteiger partial charge in [-0.1, -0.05) is 30.3 Å². The van der Waals surface area contributed by atoms with Crippen LogP contribution in [0, 0.1) is 17.0 Å². The van der Waals surface area contributed by atoms with Gasteiger partial charge in [0.25, 0.3) is 16.8 Å². The third-order valence-corrected chi connectivity index (χ3v) is 7.72. The van der Waals surface area contributed by atoms with Crippen molar-refractivity contribution in [2.24, 2.45) is 0 Å². The summed E-state index contributed by atoms with van der Waals surface area (Å²) < 4.78 is 36.0. The van der Waals surface area contributed by atoms with Crippen molar-refractivity contribution >= 4 is 56.4 Å². The highest BCUT2D eigenvalue weighted by Gasteiger charge is 2.36. The quantitative estimate of drug-likeness (QED) is 0.166. The Hall–Kier alpha value is -4.69.